The van der Waals surface area contributed by atoms with E-state index in [9.17, 15) is 66.9 Å². The van der Waals surface area contributed by atoms with Crippen LogP contribution in [-0.4, -0.2) is 218 Å². The molecule has 0 bridgehead atoms. The van der Waals surface area contributed by atoms with Crippen molar-refractivity contribution in [3.8, 4) is 0 Å². The van der Waals surface area contributed by atoms with E-state index in [0.717, 1.165) is 10.8 Å². The molecule has 3 atom stereocenters. The highest BCUT2D eigenvalue weighted by Crippen LogP contribution is 2.28. The lowest BCUT2D eigenvalue weighted by molar-refractivity contribution is -0.141. The molecule has 9 N–H and O–H groups in total. The Kier molecular flexibility index (Phi) is 26.1. The average Bonchev–Trinajstić information content (AvgIpc) is 3.35. The van der Waals surface area contributed by atoms with Gasteiger partial charge in [0.25, 0.3) is 12.9 Å². The smallest absolute Gasteiger partial charge is 0.326 e. The highest BCUT2D eigenvalue weighted by atomic mass is 32.2. The molecule has 0 spiro atoms. The molecule has 1 saturated heterocycles. The lowest BCUT2D eigenvalue weighted by atomic mass is 9.89. The minimum Gasteiger partial charge on any atom is -0.481 e. The lowest BCUT2D eigenvalue weighted by Crippen LogP contribution is -2.51. The predicted octanol–water partition coefficient (Wildman–Crippen LogP) is -0.731. The fraction of sp³-hybridized carbons (Fsp3) is 0.604. The monoisotopic (exact) mass is 1080 g/mol. The number of ether oxygens (including phenoxy) is 2. The number of fused-ring (bicyclic) bond motifs is 1. The van der Waals surface area contributed by atoms with Gasteiger partial charge in [-0.2, -0.15) is 0 Å². The maximum atomic E-state index is 14.0. The van der Waals surface area contributed by atoms with Gasteiger partial charge in [-0.1, -0.05) is 42.5 Å². The highest BCUT2D eigenvalue weighted by Gasteiger charge is 2.35. The van der Waals surface area contributed by atoms with Crippen molar-refractivity contribution >= 4 is 75.5 Å². The third-order valence-corrected chi connectivity index (χ3v) is 15.0. The fourth-order valence-corrected chi connectivity index (χ4v) is 10.5. The summed E-state index contributed by atoms with van der Waals surface area (Å²) in [5, 5.41) is 48.4. The zero-order chi connectivity index (χ0) is 54.8. The summed E-state index contributed by atoms with van der Waals surface area (Å²) in [5.74, 6) is -5.69. The number of benzene rings is 2. The normalized spacial score (nSPS) is 18.9. The van der Waals surface area contributed by atoms with Gasteiger partial charge in [-0.3, -0.25) is 53.2 Å². The van der Waals surface area contributed by atoms with Crippen LogP contribution in [0.2, 0.25) is 0 Å². The van der Waals surface area contributed by atoms with Crippen LogP contribution in [0.4, 0.5) is 4.79 Å². The number of sulfonamides is 1. The minimum absolute atomic E-state index is 0.0247. The number of amides is 4. The van der Waals surface area contributed by atoms with Crippen molar-refractivity contribution in [2.75, 3.05) is 91.8 Å². The molecule has 27 heteroatoms. The molecule has 1 heterocycles. The van der Waals surface area contributed by atoms with Gasteiger partial charge in [0.2, 0.25) is 21.8 Å². The van der Waals surface area contributed by atoms with E-state index >= 15 is 0 Å². The van der Waals surface area contributed by atoms with Crippen molar-refractivity contribution in [2.24, 2.45) is 5.92 Å². The van der Waals surface area contributed by atoms with Crippen LogP contribution < -0.4 is 26.0 Å². The van der Waals surface area contributed by atoms with Crippen molar-refractivity contribution in [3.05, 3.63) is 48.0 Å². The van der Waals surface area contributed by atoms with Crippen LogP contribution in [0, 0.1) is 5.92 Å². The van der Waals surface area contributed by atoms with E-state index in [-0.39, 0.29) is 116 Å². The van der Waals surface area contributed by atoms with Gasteiger partial charge in [-0.25, -0.2) is 22.7 Å². The van der Waals surface area contributed by atoms with Crippen LogP contribution >= 0.6 is 0 Å². The molecule has 1 aliphatic heterocycles. The molecule has 1 saturated carbocycles. The topological polar surface area (TPSA) is 360 Å². The fourth-order valence-electron chi connectivity index (χ4n) is 8.85. The molecule has 2 aromatic rings. The van der Waals surface area contributed by atoms with Gasteiger partial charge in [-0.05, 0) is 73.6 Å². The van der Waals surface area contributed by atoms with Crippen molar-refractivity contribution in [1.82, 2.24) is 45.6 Å². The van der Waals surface area contributed by atoms with E-state index < -0.39 is 75.8 Å². The molecule has 2 aliphatic rings. The molecule has 0 radical (unpaired) electrons. The molecule has 26 nitrogen and oxygen atoms in total. The third-order valence-electron chi connectivity index (χ3n) is 13.0. The second-order valence-corrected chi connectivity index (χ2v) is 20.6. The van der Waals surface area contributed by atoms with Crippen molar-refractivity contribution in [3.63, 3.8) is 0 Å². The number of hydrogen-bond acceptors (Lipinski definition) is 17. The van der Waals surface area contributed by atoms with Gasteiger partial charge in [-0.15, -0.1) is 0 Å². The quantitative estimate of drug-likeness (QED) is 0.0264. The maximum absolute atomic E-state index is 14.0. The molecule has 416 valence electrons. The number of hydrogen-bond donors (Lipinski definition) is 9. The first-order valence-corrected chi connectivity index (χ1v) is 26.4. The summed E-state index contributed by atoms with van der Waals surface area (Å²) in [5.41, 5.74) is 0.709. The average molecular weight is 1080 g/mol. The Morgan fingerprint density at radius 3 is 1.84 bits per heavy atom. The van der Waals surface area contributed by atoms with Gasteiger partial charge < -0.3 is 51.2 Å². The first-order chi connectivity index (χ1) is 35.8. The zero-order valence-corrected chi connectivity index (χ0v) is 42.7. The largest absolute Gasteiger partial charge is 0.481 e. The van der Waals surface area contributed by atoms with Crippen LogP contribution in [0.25, 0.3) is 10.8 Å². The minimum atomic E-state index is -4.07. The van der Waals surface area contributed by atoms with E-state index in [1.807, 2.05) is 52.3 Å². The van der Waals surface area contributed by atoms with E-state index in [1.165, 1.54) is 0 Å². The highest BCUT2D eigenvalue weighted by molar-refractivity contribution is 7.90. The predicted molar refractivity (Wildman–Crippen MR) is 268 cm³/mol. The van der Waals surface area contributed by atoms with Gasteiger partial charge in [0.1, 0.15) is 18.8 Å². The maximum Gasteiger partial charge on any atom is 0.326 e. The Balaban J connectivity index is 1.32. The SMILES string of the molecule is O=COCN1CCN(CC(=O)O)CCN(CC(=O)O)CCN(CC(=O)NCC2CCC(S(=O)(=O)N[C@@H](Cc3ccc4ccccc4c3)C(=O)NCCCC[C@H](NC(=O)N[C@@H](CCC(=O)O)C(=O)O)OC=O)CC2)CC1. The van der Waals surface area contributed by atoms with Crippen molar-refractivity contribution in [2.45, 2.75) is 87.8 Å². The van der Waals surface area contributed by atoms with Gasteiger partial charge in [0, 0.05) is 78.3 Å². The molecule has 75 heavy (non-hydrogen) atoms. The summed E-state index contributed by atoms with van der Waals surface area (Å²) in [4.78, 5) is 114. The van der Waals surface area contributed by atoms with Crippen LogP contribution in [-0.2, 0) is 64.3 Å². The molecule has 4 rings (SSSR count). The number of unbranched alkanes of at least 4 members (excludes halogenated alkanes) is 1. The van der Waals surface area contributed by atoms with Crippen LogP contribution in [0.1, 0.15) is 63.4 Å². The van der Waals surface area contributed by atoms with E-state index in [4.69, 9.17) is 14.6 Å². The first-order valence-electron chi connectivity index (χ1n) is 24.9. The second-order valence-electron chi connectivity index (χ2n) is 18.6. The van der Waals surface area contributed by atoms with Crippen LogP contribution in [0.15, 0.2) is 42.5 Å². The molecule has 0 unspecified atom stereocenters. The van der Waals surface area contributed by atoms with Crippen LogP contribution in [0.3, 0.4) is 0 Å². The molecule has 4 amide bonds. The first kappa shape index (κ1) is 61.0. The summed E-state index contributed by atoms with van der Waals surface area (Å²) in [6, 6.07) is 9.47. The number of carbonyl (C=O) groups excluding carboxylic acids is 5. The number of urea groups is 1. The molecule has 2 fully saturated rings. The Morgan fingerprint density at radius 2 is 1.27 bits per heavy atom. The zero-order valence-electron chi connectivity index (χ0n) is 41.8. The van der Waals surface area contributed by atoms with E-state index in [1.54, 1.807) is 9.80 Å². The molecular formula is C48H71N9O17S. The summed E-state index contributed by atoms with van der Waals surface area (Å²) in [6.07, 6.45) is 0.0765. The number of aliphatic carboxylic acids is 4. The van der Waals surface area contributed by atoms with Gasteiger partial charge in [0.15, 0.2) is 6.23 Å². The Hall–Kier alpha value is -6.52. The Bertz CT molecular complexity index is 2340. The number of carbonyl (C=O) groups is 9. The summed E-state index contributed by atoms with van der Waals surface area (Å²) in [6.45, 7) is 2.70. The van der Waals surface area contributed by atoms with E-state index in [2.05, 4.69) is 26.0 Å². The Morgan fingerprint density at radius 1 is 0.667 bits per heavy atom. The molecular weight excluding hydrogens is 1010 g/mol. The summed E-state index contributed by atoms with van der Waals surface area (Å²) < 4.78 is 40.7. The second kappa shape index (κ2) is 32.0. The standard InChI is InChI=1S/C48H71N9O17S/c58-32-73-31-57-23-21-54(17-18-55(29-44(63)64)19-20-56(22-24-57)30-45(65)66)28-41(60)50-27-34-9-12-38(13-10-34)75(71,72)53-40(26-35-8-11-36-5-1-2-6-37(36)25-35)46(67)49-16-4-3-7-42(74-33-59)52-48(70)51-39(47(68)69)14-15-43(61)62/h1-2,5-6,8,11,25,32-34,38-40,42,53H,3-4,7,9-10,12-24,26-31H2,(H,49,67)(H,50,60)(H,61,62)(H,63,64)(H,65,66)(H,68,69)(H2,51,52,70)/t34?,38?,39-,40-,42+/m0/s1. The number of rotatable bonds is 30. The number of nitrogens with zero attached hydrogens (tertiary/aromatic N) is 4. The van der Waals surface area contributed by atoms with Gasteiger partial charge >= 0.3 is 29.9 Å². The number of carboxylic acid groups (broad SMARTS) is 4. The summed E-state index contributed by atoms with van der Waals surface area (Å²) >= 11 is 0. The number of nitrogens with one attached hydrogen (secondary N) is 5. The van der Waals surface area contributed by atoms with E-state index in [0.29, 0.717) is 64.0 Å². The Labute approximate surface area is 434 Å². The summed E-state index contributed by atoms with van der Waals surface area (Å²) in [7, 11) is -4.07. The van der Waals surface area contributed by atoms with Crippen LogP contribution in [0.5, 0.6) is 0 Å². The number of carboxylic acids is 4. The van der Waals surface area contributed by atoms with Crippen molar-refractivity contribution in [1.29, 1.82) is 0 Å². The van der Waals surface area contributed by atoms with Crippen molar-refractivity contribution < 1.29 is 81.5 Å². The molecule has 2 aromatic carbocycles. The molecule has 1 aliphatic carbocycles. The third kappa shape index (κ3) is 23.3. The molecule has 0 aromatic heterocycles. The van der Waals surface area contributed by atoms with Gasteiger partial charge in [0.05, 0.1) is 24.9 Å². The lowest BCUT2D eigenvalue weighted by Gasteiger charge is -2.33.